The first-order valence-corrected chi connectivity index (χ1v) is 10.1. The van der Waals surface area contributed by atoms with Gasteiger partial charge in [-0.25, -0.2) is 0 Å². The van der Waals surface area contributed by atoms with E-state index in [4.69, 9.17) is 4.74 Å². The maximum Gasteiger partial charge on any atom is 0.416 e. The predicted octanol–water partition coefficient (Wildman–Crippen LogP) is 4.59. The van der Waals surface area contributed by atoms with Crippen molar-refractivity contribution >= 4 is 38.0 Å². The van der Waals surface area contributed by atoms with Gasteiger partial charge in [-0.05, 0) is 30.3 Å². The number of nitriles is 1. The first kappa shape index (κ1) is 21.0. The van der Waals surface area contributed by atoms with Gasteiger partial charge in [-0.2, -0.15) is 18.4 Å². The lowest BCUT2D eigenvalue weighted by Gasteiger charge is -2.29. The van der Waals surface area contributed by atoms with Crippen molar-refractivity contribution in [3.8, 4) is 11.8 Å². The third-order valence-corrected chi connectivity index (χ3v) is 6.06. The Bertz CT molecular complexity index is 1190. The monoisotopic (exact) mass is 447 g/mol. The zero-order valence-electron chi connectivity index (χ0n) is 16.0. The molecule has 1 saturated heterocycles. The Morgan fingerprint density at radius 2 is 1.97 bits per heavy atom. The number of alkyl halides is 3. The minimum Gasteiger partial charge on any atom is -0.506 e. The van der Waals surface area contributed by atoms with E-state index in [1.54, 1.807) is 6.07 Å². The number of phenolic OH excluding ortho intramolecular Hbond substituents is 1. The Morgan fingerprint density at radius 1 is 1.23 bits per heavy atom. The number of carbonyl (C=O) groups excluding carboxylic acids is 1. The molecule has 31 heavy (non-hydrogen) atoms. The summed E-state index contributed by atoms with van der Waals surface area (Å²) in [7, 11) is 0. The molecule has 2 heterocycles. The highest BCUT2D eigenvalue weighted by Gasteiger charge is 2.31. The number of aromatic hydroxyl groups is 1. The van der Waals surface area contributed by atoms with Gasteiger partial charge in [0.1, 0.15) is 16.8 Å². The first-order valence-electron chi connectivity index (χ1n) is 9.29. The highest BCUT2D eigenvalue weighted by Crippen LogP contribution is 2.45. The number of nitrogens with zero attached hydrogens (tertiary/aromatic N) is 2. The van der Waals surface area contributed by atoms with Crippen LogP contribution in [-0.4, -0.2) is 37.3 Å². The molecule has 0 atom stereocenters. The van der Waals surface area contributed by atoms with Crippen LogP contribution in [0, 0.1) is 11.3 Å². The Balaban J connectivity index is 1.73. The number of morpholine rings is 1. The minimum atomic E-state index is -4.57. The number of benzene rings is 2. The third kappa shape index (κ3) is 4.02. The summed E-state index contributed by atoms with van der Waals surface area (Å²) in [5, 5.41) is 23.4. The summed E-state index contributed by atoms with van der Waals surface area (Å²) in [6.45, 7) is 2.09. The maximum atomic E-state index is 13.0. The Labute approximate surface area is 179 Å². The fourth-order valence-electron chi connectivity index (χ4n) is 3.44. The number of amides is 1. The van der Waals surface area contributed by atoms with E-state index in [0.29, 0.717) is 42.1 Å². The summed E-state index contributed by atoms with van der Waals surface area (Å²) in [6, 6.07) is 9.20. The molecule has 1 aromatic heterocycles. The van der Waals surface area contributed by atoms with Gasteiger partial charge in [-0.15, -0.1) is 11.3 Å². The van der Waals surface area contributed by atoms with Crippen molar-refractivity contribution < 1.29 is 27.8 Å². The molecule has 0 radical (unpaired) electrons. The van der Waals surface area contributed by atoms with Crippen LogP contribution in [0.5, 0.6) is 5.75 Å². The summed E-state index contributed by atoms with van der Waals surface area (Å²) in [4.78, 5) is 14.6. The predicted molar refractivity (Wildman–Crippen MR) is 111 cm³/mol. The van der Waals surface area contributed by atoms with Gasteiger partial charge in [0.25, 0.3) is 5.91 Å². The van der Waals surface area contributed by atoms with Gasteiger partial charge in [0.15, 0.2) is 0 Å². The van der Waals surface area contributed by atoms with Crippen molar-refractivity contribution in [2.24, 2.45) is 0 Å². The number of rotatable bonds is 3. The number of halogens is 3. The molecule has 160 valence electrons. The van der Waals surface area contributed by atoms with Gasteiger partial charge >= 0.3 is 6.18 Å². The molecule has 10 heteroatoms. The minimum absolute atomic E-state index is 0.0379. The largest absolute Gasteiger partial charge is 0.506 e. The lowest BCUT2D eigenvalue weighted by molar-refractivity contribution is -0.137. The molecular formula is C21H16F3N3O3S. The molecule has 6 nitrogen and oxygen atoms in total. The highest BCUT2D eigenvalue weighted by molar-refractivity contribution is 7.24. The van der Waals surface area contributed by atoms with Gasteiger partial charge < -0.3 is 20.1 Å². The van der Waals surface area contributed by atoms with Crippen LogP contribution in [0.2, 0.25) is 0 Å². The number of hydrogen-bond donors (Lipinski definition) is 2. The molecule has 1 amide bonds. The second-order valence-corrected chi connectivity index (χ2v) is 7.88. The summed E-state index contributed by atoms with van der Waals surface area (Å²) in [5.41, 5.74) is -0.374. The van der Waals surface area contributed by atoms with Gasteiger partial charge in [0.05, 0.1) is 34.7 Å². The lowest BCUT2D eigenvalue weighted by atomic mass is 10.1. The van der Waals surface area contributed by atoms with Gasteiger partial charge in [0.2, 0.25) is 0 Å². The van der Waals surface area contributed by atoms with Gasteiger partial charge in [-0.3, -0.25) is 4.79 Å². The second-order valence-electron chi connectivity index (χ2n) is 6.86. The molecule has 2 aromatic carbocycles. The molecule has 3 aromatic rings. The highest BCUT2D eigenvalue weighted by atomic mass is 32.1. The molecule has 4 rings (SSSR count). The Kier molecular flexibility index (Phi) is 5.47. The standard InChI is InChI=1S/C21H16F3N3O3S/c22-21(23,24)13-3-1-2-12(10-13)19(29)26-20-15(11-25)14-4-5-16(28)17(18(14)31-20)27-6-8-30-9-7-27/h1-5,10,28H,6-9H2,(H,26,29). The fraction of sp³-hybridized carbons (Fsp3) is 0.238. The number of nitrogens with one attached hydrogen (secondary N) is 1. The first-order chi connectivity index (χ1) is 14.8. The second kappa shape index (κ2) is 8.09. The smallest absolute Gasteiger partial charge is 0.416 e. The molecule has 1 aliphatic rings. The van der Waals surface area contributed by atoms with E-state index in [0.717, 1.165) is 29.5 Å². The number of hydrogen-bond acceptors (Lipinski definition) is 6. The van der Waals surface area contributed by atoms with Crippen molar-refractivity contribution in [3.05, 3.63) is 53.1 Å². The van der Waals surface area contributed by atoms with Crippen molar-refractivity contribution in [1.82, 2.24) is 0 Å². The van der Waals surface area contributed by atoms with Gasteiger partial charge in [0, 0.05) is 24.0 Å². The van der Waals surface area contributed by atoms with Crippen LogP contribution in [0.15, 0.2) is 36.4 Å². The van der Waals surface area contributed by atoms with Crippen LogP contribution in [0.3, 0.4) is 0 Å². The molecule has 0 spiro atoms. The van der Waals surface area contributed by atoms with E-state index in [2.05, 4.69) is 11.4 Å². The number of ether oxygens (including phenoxy) is 1. The van der Waals surface area contributed by atoms with Crippen LogP contribution in [0.25, 0.3) is 10.1 Å². The molecule has 1 fully saturated rings. The Hall–Kier alpha value is -3.29. The normalized spacial score (nSPS) is 14.5. The van der Waals surface area contributed by atoms with Crippen LogP contribution < -0.4 is 10.2 Å². The molecule has 2 N–H and O–H groups in total. The zero-order valence-corrected chi connectivity index (χ0v) is 16.8. The lowest BCUT2D eigenvalue weighted by Crippen LogP contribution is -2.36. The van der Waals surface area contributed by atoms with E-state index in [-0.39, 0.29) is 21.9 Å². The van der Waals surface area contributed by atoms with Crippen LogP contribution in [-0.2, 0) is 10.9 Å². The average molecular weight is 447 g/mol. The fourth-order valence-corrected chi connectivity index (χ4v) is 4.66. The third-order valence-electron chi connectivity index (χ3n) is 4.93. The summed E-state index contributed by atoms with van der Waals surface area (Å²) in [5.74, 6) is -0.720. The van der Waals surface area contributed by atoms with Gasteiger partial charge in [-0.1, -0.05) is 6.07 Å². The average Bonchev–Trinajstić information content (AvgIpc) is 3.10. The van der Waals surface area contributed by atoms with Crippen LogP contribution in [0.4, 0.5) is 23.9 Å². The van der Waals surface area contributed by atoms with Crippen LogP contribution >= 0.6 is 11.3 Å². The number of carbonyl (C=O) groups is 1. The molecule has 0 bridgehead atoms. The zero-order chi connectivity index (χ0) is 22.2. The van der Waals surface area contributed by atoms with E-state index < -0.39 is 17.6 Å². The topological polar surface area (TPSA) is 85.6 Å². The maximum absolute atomic E-state index is 13.0. The summed E-state index contributed by atoms with van der Waals surface area (Å²) in [6.07, 6.45) is -4.57. The quantitative estimate of drug-likeness (QED) is 0.614. The summed E-state index contributed by atoms with van der Waals surface area (Å²) >= 11 is 1.10. The number of fused-ring (bicyclic) bond motifs is 1. The van der Waals surface area contributed by atoms with E-state index >= 15 is 0 Å². The summed E-state index contributed by atoms with van der Waals surface area (Å²) < 4.78 is 44.9. The number of phenols is 1. The molecule has 0 unspecified atom stereocenters. The number of anilines is 2. The van der Waals surface area contributed by atoms with E-state index in [9.17, 15) is 28.3 Å². The Morgan fingerprint density at radius 3 is 2.65 bits per heavy atom. The molecule has 0 saturated carbocycles. The number of thiophene rings is 1. The van der Waals surface area contributed by atoms with Crippen LogP contribution in [0.1, 0.15) is 21.5 Å². The van der Waals surface area contributed by atoms with Crippen molar-refractivity contribution in [2.45, 2.75) is 6.18 Å². The molecule has 1 aliphatic heterocycles. The SMILES string of the molecule is N#Cc1c(NC(=O)c2cccc(C(F)(F)F)c2)sc2c(N3CCOCC3)c(O)ccc12. The van der Waals surface area contributed by atoms with E-state index in [1.807, 2.05) is 4.90 Å². The molecular weight excluding hydrogens is 431 g/mol. The van der Waals surface area contributed by atoms with Crippen molar-refractivity contribution in [3.63, 3.8) is 0 Å². The van der Waals surface area contributed by atoms with Crippen molar-refractivity contribution in [1.29, 1.82) is 5.26 Å². The van der Waals surface area contributed by atoms with Crippen molar-refractivity contribution in [2.75, 3.05) is 36.5 Å². The molecule has 0 aliphatic carbocycles. The van der Waals surface area contributed by atoms with E-state index in [1.165, 1.54) is 12.1 Å².